The van der Waals surface area contributed by atoms with E-state index >= 15 is 0 Å². The molecule has 1 heterocycles. The summed E-state index contributed by atoms with van der Waals surface area (Å²) in [5.41, 5.74) is 0. The standard InChI is InChI=1S/C13H28N2/c1-5-13-7-8-15(10-13)12(4)11(3)9-14-6-2/h11-14H,5-10H2,1-4H3. The van der Waals surface area contributed by atoms with Gasteiger partial charge in [-0.2, -0.15) is 0 Å². The van der Waals surface area contributed by atoms with Gasteiger partial charge < -0.3 is 10.2 Å². The van der Waals surface area contributed by atoms with Crippen LogP contribution in [0.3, 0.4) is 0 Å². The first-order valence-electron chi connectivity index (χ1n) is 6.63. The molecule has 1 aliphatic rings. The normalized spacial score (nSPS) is 26.8. The van der Waals surface area contributed by atoms with Crippen molar-refractivity contribution < 1.29 is 0 Å². The third kappa shape index (κ3) is 3.76. The van der Waals surface area contributed by atoms with Crippen LogP contribution in [-0.2, 0) is 0 Å². The first-order valence-corrected chi connectivity index (χ1v) is 6.63. The molecule has 0 radical (unpaired) electrons. The average Bonchev–Trinajstić information content (AvgIpc) is 2.73. The Morgan fingerprint density at radius 3 is 2.60 bits per heavy atom. The fourth-order valence-electron chi connectivity index (χ4n) is 2.47. The maximum atomic E-state index is 3.45. The van der Waals surface area contributed by atoms with Gasteiger partial charge in [-0.25, -0.2) is 0 Å². The van der Waals surface area contributed by atoms with Gasteiger partial charge in [0.15, 0.2) is 0 Å². The second-order valence-electron chi connectivity index (χ2n) is 5.08. The predicted octanol–water partition coefficient (Wildman–Crippen LogP) is 2.35. The summed E-state index contributed by atoms with van der Waals surface area (Å²) in [5.74, 6) is 1.72. The van der Waals surface area contributed by atoms with Crippen molar-refractivity contribution in [1.29, 1.82) is 0 Å². The maximum absolute atomic E-state index is 3.45. The molecule has 1 rings (SSSR count). The molecule has 0 spiro atoms. The summed E-state index contributed by atoms with van der Waals surface area (Å²) in [6.07, 6.45) is 2.76. The van der Waals surface area contributed by atoms with E-state index in [2.05, 4.69) is 37.9 Å². The highest BCUT2D eigenvalue weighted by Crippen LogP contribution is 2.23. The zero-order chi connectivity index (χ0) is 11.3. The molecule has 1 aliphatic heterocycles. The lowest BCUT2D eigenvalue weighted by Gasteiger charge is -2.29. The van der Waals surface area contributed by atoms with Crippen LogP contribution in [0.15, 0.2) is 0 Å². The largest absolute Gasteiger partial charge is 0.317 e. The van der Waals surface area contributed by atoms with Gasteiger partial charge in [-0.1, -0.05) is 27.2 Å². The van der Waals surface area contributed by atoms with Gasteiger partial charge in [-0.3, -0.25) is 0 Å². The Bertz CT molecular complexity index is 170. The number of hydrogen-bond donors (Lipinski definition) is 1. The van der Waals surface area contributed by atoms with Crippen molar-refractivity contribution in [2.24, 2.45) is 11.8 Å². The summed E-state index contributed by atoms with van der Waals surface area (Å²) < 4.78 is 0. The van der Waals surface area contributed by atoms with E-state index < -0.39 is 0 Å². The Morgan fingerprint density at radius 2 is 2.07 bits per heavy atom. The predicted molar refractivity (Wildman–Crippen MR) is 67.1 cm³/mol. The highest BCUT2D eigenvalue weighted by molar-refractivity contribution is 4.81. The molecule has 3 atom stereocenters. The van der Waals surface area contributed by atoms with Gasteiger partial charge >= 0.3 is 0 Å². The van der Waals surface area contributed by atoms with Crippen molar-refractivity contribution in [2.75, 3.05) is 26.2 Å². The van der Waals surface area contributed by atoms with Crippen LogP contribution >= 0.6 is 0 Å². The minimum absolute atomic E-state index is 0.737. The van der Waals surface area contributed by atoms with Crippen molar-refractivity contribution in [3.05, 3.63) is 0 Å². The lowest BCUT2D eigenvalue weighted by Crippen LogP contribution is -2.40. The number of hydrogen-bond acceptors (Lipinski definition) is 2. The van der Waals surface area contributed by atoms with Crippen molar-refractivity contribution in [1.82, 2.24) is 10.2 Å². The Morgan fingerprint density at radius 1 is 1.33 bits per heavy atom. The van der Waals surface area contributed by atoms with Crippen LogP contribution < -0.4 is 5.32 Å². The van der Waals surface area contributed by atoms with E-state index in [1.807, 2.05) is 0 Å². The summed E-state index contributed by atoms with van der Waals surface area (Å²) in [5, 5.41) is 3.45. The van der Waals surface area contributed by atoms with Gasteiger partial charge in [-0.05, 0) is 44.8 Å². The molecule has 1 N–H and O–H groups in total. The first kappa shape index (κ1) is 13.0. The quantitative estimate of drug-likeness (QED) is 0.727. The van der Waals surface area contributed by atoms with Crippen molar-refractivity contribution in [2.45, 2.75) is 46.6 Å². The second kappa shape index (κ2) is 6.49. The van der Waals surface area contributed by atoms with Crippen LogP contribution in [0, 0.1) is 11.8 Å². The smallest absolute Gasteiger partial charge is 0.0105 e. The van der Waals surface area contributed by atoms with E-state index in [1.165, 1.54) is 25.9 Å². The lowest BCUT2D eigenvalue weighted by atomic mass is 10.0. The van der Waals surface area contributed by atoms with Crippen molar-refractivity contribution in [3.8, 4) is 0 Å². The molecule has 15 heavy (non-hydrogen) atoms. The zero-order valence-corrected chi connectivity index (χ0v) is 10.9. The number of nitrogens with zero attached hydrogens (tertiary/aromatic N) is 1. The first-order chi connectivity index (χ1) is 7.19. The van der Waals surface area contributed by atoms with Gasteiger partial charge in [0.05, 0.1) is 0 Å². The number of likely N-dealkylation sites (tertiary alicyclic amines) is 1. The van der Waals surface area contributed by atoms with Crippen LogP contribution in [0.5, 0.6) is 0 Å². The third-order valence-electron chi connectivity index (χ3n) is 4.01. The summed E-state index contributed by atoms with van der Waals surface area (Å²) in [4.78, 5) is 2.68. The second-order valence-corrected chi connectivity index (χ2v) is 5.08. The summed E-state index contributed by atoms with van der Waals surface area (Å²) in [6, 6.07) is 0.737. The van der Waals surface area contributed by atoms with E-state index in [0.29, 0.717) is 0 Å². The van der Waals surface area contributed by atoms with Crippen LogP contribution in [0.25, 0.3) is 0 Å². The summed E-state index contributed by atoms with van der Waals surface area (Å²) in [7, 11) is 0. The Balaban J connectivity index is 2.30. The molecule has 0 aromatic heterocycles. The summed E-state index contributed by atoms with van der Waals surface area (Å²) >= 11 is 0. The van der Waals surface area contributed by atoms with Crippen LogP contribution in [0.2, 0.25) is 0 Å². The fourth-order valence-corrected chi connectivity index (χ4v) is 2.47. The maximum Gasteiger partial charge on any atom is 0.0105 e. The molecular formula is C13H28N2. The van der Waals surface area contributed by atoms with Crippen LogP contribution in [-0.4, -0.2) is 37.1 Å². The molecule has 0 aromatic rings. The van der Waals surface area contributed by atoms with Crippen LogP contribution in [0.1, 0.15) is 40.5 Å². The minimum Gasteiger partial charge on any atom is -0.317 e. The van der Waals surface area contributed by atoms with E-state index in [-0.39, 0.29) is 0 Å². The van der Waals surface area contributed by atoms with Crippen molar-refractivity contribution in [3.63, 3.8) is 0 Å². The number of nitrogens with one attached hydrogen (secondary N) is 1. The lowest BCUT2D eigenvalue weighted by molar-refractivity contribution is 0.189. The minimum atomic E-state index is 0.737. The molecule has 0 aromatic carbocycles. The molecule has 3 unspecified atom stereocenters. The van der Waals surface area contributed by atoms with E-state index in [4.69, 9.17) is 0 Å². The molecule has 2 heteroatoms. The molecule has 1 saturated heterocycles. The molecule has 0 saturated carbocycles. The molecule has 0 bridgehead atoms. The van der Waals surface area contributed by atoms with E-state index in [0.717, 1.165) is 31.0 Å². The molecule has 90 valence electrons. The molecule has 0 aliphatic carbocycles. The van der Waals surface area contributed by atoms with Gasteiger partial charge in [-0.15, -0.1) is 0 Å². The van der Waals surface area contributed by atoms with Gasteiger partial charge in [0, 0.05) is 12.6 Å². The average molecular weight is 212 g/mol. The Kier molecular flexibility index (Phi) is 5.62. The zero-order valence-electron chi connectivity index (χ0n) is 10.9. The Labute approximate surface area is 95.4 Å². The summed E-state index contributed by atoms with van der Waals surface area (Å²) in [6.45, 7) is 14.2. The fraction of sp³-hybridized carbons (Fsp3) is 1.00. The number of rotatable bonds is 6. The van der Waals surface area contributed by atoms with E-state index in [1.54, 1.807) is 0 Å². The van der Waals surface area contributed by atoms with E-state index in [9.17, 15) is 0 Å². The topological polar surface area (TPSA) is 15.3 Å². The van der Waals surface area contributed by atoms with Crippen LogP contribution in [0.4, 0.5) is 0 Å². The SMILES string of the molecule is CCNCC(C)C(C)N1CCC(CC)C1. The monoisotopic (exact) mass is 212 g/mol. The highest BCUT2D eigenvalue weighted by Gasteiger charge is 2.27. The highest BCUT2D eigenvalue weighted by atomic mass is 15.2. The molecular weight excluding hydrogens is 184 g/mol. The molecule has 1 fully saturated rings. The molecule has 2 nitrogen and oxygen atoms in total. The third-order valence-corrected chi connectivity index (χ3v) is 4.01. The molecule has 0 amide bonds. The van der Waals surface area contributed by atoms with Gasteiger partial charge in [0.2, 0.25) is 0 Å². The Hall–Kier alpha value is -0.0800. The van der Waals surface area contributed by atoms with Crippen molar-refractivity contribution >= 4 is 0 Å². The van der Waals surface area contributed by atoms with Gasteiger partial charge in [0.25, 0.3) is 0 Å². The van der Waals surface area contributed by atoms with Gasteiger partial charge in [0.1, 0.15) is 0 Å².